The van der Waals surface area contributed by atoms with Gasteiger partial charge >= 0.3 is 5.97 Å². The largest absolute Gasteiger partial charge is 0.480 e. The molecule has 210 valence electrons. The Labute approximate surface area is 225 Å². The molecule has 0 saturated carbocycles. The molecule has 3 amide bonds. The van der Waals surface area contributed by atoms with Gasteiger partial charge in [-0.05, 0) is 24.5 Å². The molecule has 0 radical (unpaired) electrons. The Kier molecular flexibility index (Phi) is 9.79. The van der Waals surface area contributed by atoms with E-state index >= 15 is 0 Å². The molecule has 0 bridgehead atoms. The Morgan fingerprint density at radius 2 is 1.64 bits per heavy atom. The van der Waals surface area contributed by atoms with Gasteiger partial charge in [0.05, 0.1) is 18.5 Å². The molecule has 0 aliphatic rings. The van der Waals surface area contributed by atoms with E-state index in [-0.39, 0.29) is 12.8 Å². The van der Waals surface area contributed by atoms with Crippen molar-refractivity contribution >= 4 is 34.6 Å². The predicted octanol–water partition coefficient (Wildman–Crippen LogP) is -0.421. The molecule has 0 aliphatic heterocycles. The topological polar surface area (TPSA) is 215 Å². The van der Waals surface area contributed by atoms with Crippen LogP contribution in [0.25, 0.3) is 10.9 Å². The van der Waals surface area contributed by atoms with Gasteiger partial charge in [0.15, 0.2) is 0 Å². The number of nitrogens with zero attached hydrogens (tertiary/aromatic N) is 1. The zero-order valence-electron chi connectivity index (χ0n) is 22.0. The van der Waals surface area contributed by atoms with Gasteiger partial charge in [-0.25, -0.2) is 9.78 Å². The van der Waals surface area contributed by atoms with Gasteiger partial charge in [-0.1, -0.05) is 32.0 Å². The highest BCUT2D eigenvalue weighted by Gasteiger charge is 2.33. The van der Waals surface area contributed by atoms with Crippen LogP contribution in [-0.2, 0) is 32.0 Å². The SMILES string of the molecule is CC(C)C(NC(=O)C(Cc1c[nH]c2ccccc12)NC(=O)C(NC(=O)C(N)Cc1cnc[nH]1)C(C)O)C(=O)O. The van der Waals surface area contributed by atoms with E-state index in [4.69, 9.17) is 5.73 Å². The smallest absolute Gasteiger partial charge is 0.326 e. The van der Waals surface area contributed by atoms with E-state index in [1.807, 2.05) is 24.3 Å². The highest BCUT2D eigenvalue weighted by atomic mass is 16.4. The number of rotatable bonds is 13. The van der Waals surface area contributed by atoms with Gasteiger partial charge in [-0.15, -0.1) is 0 Å². The summed E-state index contributed by atoms with van der Waals surface area (Å²) in [5.41, 5.74) is 8.11. The maximum atomic E-state index is 13.3. The number of hydrogen-bond acceptors (Lipinski definition) is 7. The first-order valence-electron chi connectivity index (χ1n) is 12.6. The van der Waals surface area contributed by atoms with E-state index in [1.54, 1.807) is 20.0 Å². The number of nitrogens with one attached hydrogen (secondary N) is 5. The van der Waals surface area contributed by atoms with Crippen molar-refractivity contribution in [2.45, 2.75) is 63.9 Å². The van der Waals surface area contributed by atoms with Crippen LogP contribution < -0.4 is 21.7 Å². The molecule has 3 rings (SSSR count). The standard InChI is InChI=1S/C26H35N7O6/c1-13(2)21(26(38)39)32-24(36)20(8-15-10-29-19-7-5-4-6-17(15)19)31-25(37)22(14(3)34)33-23(35)18(27)9-16-11-28-12-30-16/h4-7,10-14,18,20-22,29,34H,8-9,27H2,1-3H3,(H,28,30)(H,31,37)(H,32,36)(H,33,35)(H,38,39). The Morgan fingerprint density at radius 1 is 0.949 bits per heavy atom. The lowest BCUT2D eigenvalue weighted by molar-refractivity contribution is -0.143. The third kappa shape index (κ3) is 7.65. The van der Waals surface area contributed by atoms with Crippen molar-refractivity contribution in [3.63, 3.8) is 0 Å². The van der Waals surface area contributed by atoms with E-state index < -0.39 is 59.9 Å². The minimum Gasteiger partial charge on any atom is -0.480 e. The lowest BCUT2D eigenvalue weighted by Crippen LogP contribution is -2.60. The molecule has 5 atom stereocenters. The van der Waals surface area contributed by atoms with Gasteiger partial charge in [0.25, 0.3) is 0 Å². The number of para-hydroxylation sites is 1. The summed E-state index contributed by atoms with van der Waals surface area (Å²) in [4.78, 5) is 60.8. The lowest BCUT2D eigenvalue weighted by atomic mass is 10.0. The lowest BCUT2D eigenvalue weighted by Gasteiger charge is -2.27. The number of aromatic nitrogens is 3. The number of imidazole rings is 1. The monoisotopic (exact) mass is 541 g/mol. The van der Waals surface area contributed by atoms with Crippen molar-refractivity contribution in [2.24, 2.45) is 11.7 Å². The Bertz CT molecular complexity index is 1290. The molecule has 13 heteroatoms. The summed E-state index contributed by atoms with van der Waals surface area (Å²) in [5.74, 6) is -3.87. The molecule has 39 heavy (non-hydrogen) atoms. The van der Waals surface area contributed by atoms with Gasteiger partial charge in [0.2, 0.25) is 17.7 Å². The van der Waals surface area contributed by atoms with Crippen LogP contribution in [0.2, 0.25) is 0 Å². The van der Waals surface area contributed by atoms with E-state index in [9.17, 15) is 29.4 Å². The highest BCUT2D eigenvalue weighted by molar-refractivity contribution is 5.95. The van der Waals surface area contributed by atoms with Crippen LogP contribution in [0.1, 0.15) is 32.0 Å². The fourth-order valence-corrected chi connectivity index (χ4v) is 4.15. The van der Waals surface area contributed by atoms with E-state index in [0.29, 0.717) is 11.3 Å². The van der Waals surface area contributed by atoms with Gasteiger partial charge in [-0.2, -0.15) is 0 Å². The quantitative estimate of drug-likeness (QED) is 0.142. The van der Waals surface area contributed by atoms with Crippen molar-refractivity contribution in [1.29, 1.82) is 0 Å². The number of carboxylic acids is 1. The molecule has 0 aliphatic carbocycles. The minimum absolute atomic E-state index is 0.0197. The minimum atomic E-state index is -1.43. The van der Waals surface area contributed by atoms with Crippen molar-refractivity contribution in [3.05, 3.63) is 54.2 Å². The number of hydrogen-bond donors (Lipinski definition) is 8. The van der Waals surface area contributed by atoms with Gasteiger partial charge in [0.1, 0.15) is 18.1 Å². The van der Waals surface area contributed by atoms with Crippen LogP contribution >= 0.6 is 0 Å². The highest BCUT2D eigenvalue weighted by Crippen LogP contribution is 2.19. The van der Waals surface area contributed by atoms with Crippen LogP contribution in [0.3, 0.4) is 0 Å². The summed E-state index contributed by atoms with van der Waals surface area (Å²) < 4.78 is 0. The number of benzene rings is 1. The summed E-state index contributed by atoms with van der Waals surface area (Å²) in [6.07, 6.45) is 3.48. The fourth-order valence-electron chi connectivity index (χ4n) is 4.15. The molecule has 0 fully saturated rings. The van der Waals surface area contributed by atoms with Crippen molar-refractivity contribution in [2.75, 3.05) is 0 Å². The Morgan fingerprint density at radius 3 is 2.26 bits per heavy atom. The van der Waals surface area contributed by atoms with E-state index in [0.717, 1.165) is 10.9 Å². The van der Waals surface area contributed by atoms with Crippen LogP contribution in [-0.4, -0.2) is 79.1 Å². The number of carbonyl (C=O) groups excluding carboxylic acids is 3. The number of fused-ring (bicyclic) bond motifs is 1. The summed E-state index contributed by atoms with van der Waals surface area (Å²) >= 11 is 0. The van der Waals surface area contributed by atoms with Gasteiger partial charge < -0.3 is 41.9 Å². The number of carbonyl (C=O) groups is 4. The average Bonchev–Trinajstić information content (AvgIpc) is 3.54. The van der Waals surface area contributed by atoms with E-state index in [1.165, 1.54) is 19.4 Å². The number of aliphatic hydroxyl groups excluding tert-OH is 1. The van der Waals surface area contributed by atoms with Crippen LogP contribution in [0.15, 0.2) is 43.0 Å². The maximum absolute atomic E-state index is 13.3. The molecule has 2 heterocycles. The predicted molar refractivity (Wildman–Crippen MR) is 142 cm³/mol. The molecule has 1 aromatic carbocycles. The molecule has 2 aromatic heterocycles. The first-order chi connectivity index (χ1) is 18.5. The third-order valence-corrected chi connectivity index (χ3v) is 6.36. The zero-order chi connectivity index (χ0) is 28.7. The first kappa shape index (κ1) is 29.3. The average molecular weight is 542 g/mol. The van der Waals surface area contributed by atoms with Crippen LogP contribution in [0.5, 0.6) is 0 Å². The van der Waals surface area contributed by atoms with Crippen LogP contribution in [0, 0.1) is 5.92 Å². The van der Waals surface area contributed by atoms with Gasteiger partial charge in [0, 0.05) is 41.8 Å². The molecule has 13 nitrogen and oxygen atoms in total. The second-order valence-corrected chi connectivity index (χ2v) is 9.81. The number of aromatic amines is 2. The van der Waals surface area contributed by atoms with Crippen LogP contribution in [0.4, 0.5) is 0 Å². The number of H-pyrrole nitrogens is 2. The summed E-state index contributed by atoms with van der Waals surface area (Å²) in [7, 11) is 0. The van der Waals surface area contributed by atoms with E-state index in [2.05, 4.69) is 30.9 Å². The molecule has 0 spiro atoms. The molecule has 5 unspecified atom stereocenters. The molecular formula is C26H35N7O6. The Balaban J connectivity index is 1.80. The van der Waals surface area contributed by atoms with Crippen molar-refractivity contribution in [1.82, 2.24) is 30.9 Å². The maximum Gasteiger partial charge on any atom is 0.326 e. The molecule has 0 saturated heterocycles. The third-order valence-electron chi connectivity index (χ3n) is 6.36. The zero-order valence-corrected chi connectivity index (χ0v) is 22.0. The first-order valence-corrected chi connectivity index (χ1v) is 12.6. The second kappa shape index (κ2) is 13.0. The molecule has 3 aromatic rings. The summed E-state index contributed by atoms with van der Waals surface area (Å²) in [5, 5.41) is 28.2. The van der Waals surface area contributed by atoms with Crippen molar-refractivity contribution < 1.29 is 29.4 Å². The number of carboxylic acid groups (broad SMARTS) is 1. The fraction of sp³-hybridized carbons (Fsp3) is 0.423. The number of aliphatic hydroxyl groups is 1. The Hall–Kier alpha value is -4.23. The van der Waals surface area contributed by atoms with Gasteiger partial charge in [-0.3, -0.25) is 14.4 Å². The second-order valence-electron chi connectivity index (χ2n) is 9.81. The number of nitrogens with two attached hydrogens (primary N) is 1. The summed E-state index contributed by atoms with van der Waals surface area (Å²) in [6, 6.07) is 2.53. The van der Waals surface area contributed by atoms with Crippen molar-refractivity contribution in [3.8, 4) is 0 Å². The molecular weight excluding hydrogens is 506 g/mol. The number of aliphatic carboxylic acids is 1. The molecule has 9 N–H and O–H groups in total. The number of amides is 3. The summed E-state index contributed by atoms with van der Waals surface area (Å²) in [6.45, 7) is 4.62. The normalized spacial score (nSPS) is 15.2.